The molecule has 0 saturated carbocycles. The summed E-state index contributed by atoms with van der Waals surface area (Å²) in [6.45, 7) is 0.960. The molecule has 0 saturated heterocycles. The molecule has 0 aliphatic heterocycles. The summed E-state index contributed by atoms with van der Waals surface area (Å²) in [6, 6.07) is 7.93. The summed E-state index contributed by atoms with van der Waals surface area (Å²) in [7, 11) is -4.48. The molecule has 104 valence electrons. The first-order valence-corrected chi connectivity index (χ1v) is 7.40. The zero-order chi connectivity index (χ0) is 14.5. The molecule has 0 atom stereocenters. The van der Waals surface area contributed by atoms with Crippen molar-refractivity contribution in [1.29, 1.82) is 0 Å². The van der Waals surface area contributed by atoms with E-state index in [-0.39, 0.29) is 17.2 Å². The van der Waals surface area contributed by atoms with Crippen LogP contribution in [-0.2, 0) is 14.6 Å². The third-order valence-corrected chi connectivity index (χ3v) is 4.33. The zero-order valence-corrected chi connectivity index (χ0v) is 11.4. The molecule has 0 fully saturated rings. The Labute approximate surface area is 112 Å². The standard InChI is InChI=1S/C11H16BNO5S/c1-12(16)13(9-11(14)15)7-8-19(17,18)10-5-3-2-4-6-10/h2-6,16H,7-9H2,1H3,(H,14,15). The van der Waals surface area contributed by atoms with Gasteiger partial charge < -0.3 is 14.9 Å². The molecule has 1 aromatic carbocycles. The lowest BCUT2D eigenvalue weighted by molar-refractivity contribution is -0.137. The second kappa shape index (κ2) is 6.69. The van der Waals surface area contributed by atoms with Crippen molar-refractivity contribution in [2.24, 2.45) is 0 Å². The lowest BCUT2D eigenvalue weighted by atomic mass is 9.85. The molecule has 0 heterocycles. The maximum Gasteiger partial charge on any atom is 0.376 e. The SMILES string of the molecule is CB(O)N(CCS(=O)(=O)c1ccccc1)CC(=O)O. The Bertz CT molecular complexity index is 517. The van der Waals surface area contributed by atoms with Crippen LogP contribution in [-0.4, -0.2) is 55.2 Å². The molecule has 1 rings (SSSR count). The molecule has 19 heavy (non-hydrogen) atoms. The summed E-state index contributed by atoms with van der Waals surface area (Å²) >= 11 is 0. The van der Waals surface area contributed by atoms with Crippen LogP contribution < -0.4 is 0 Å². The smallest absolute Gasteiger partial charge is 0.376 e. The van der Waals surface area contributed by atoms with Crippen LogP contribution in [0.2, 0.25) is 6.82 Å². The van der Waals surface area contributed by atoms with Crippen molar-refractivity contribution in [2.45, 2.75) is 11.7 Å². The molecule has 6 nitrogen and oxygen atoms in total. The summed E-state index contributed by atoms with van der Waals surface area (Å²) in [6.07, 6.45) is 0. The van der Waals surface area contributed by atoms with Gasteiger partial charge in [-0.2, -0.15) is 0 Å². The average Bonchev–Trinajstić information content (AvgIpc) is 2.35. The van der Waals surface area contributed by atoms with E-state index in [1.807, 2.05) is 0 Å². The molecule has 0 radical (unpaired) electrons. The normalized spacial score (nSPS) is 11.5. The molecule has 0 aliphatic rings. The molecule has 8 heteroatoms. The van der Waals surface area contributed by atoms with E-state index in [1.165, 1.54) is 23.8 Å². The highest BCUT2D eigenvalue weighted by atomic mass is 32.2. The monoisotopic (exact) mass is 285 g/mol. The highest BCUT2D eigenvalue weighted by molar-refractivity contribution is 7.91. The summed E-state index contributed by atoms with van der Waals surface area (Å²) in [5, 5.41) is 18.1. The van der Waals surface area contributed by atoms with Crippen molar-refractivity contribution in [3.8, 4) is 0 Å². The number of rotatable bonds is 7. The van der Waals surface area contributed by atoms with Crippen molar-refractivity contribution < 1.29 is 23.3 Å². The summed E-state index contributed by atoms with van der Waals surface area (Å²) in [5.41, 5.74) is 0. The largest absolute Gasteiger partial charge is 0.480 e. The molecule has 0 aliphatic carbocycles. The summed E-state index contributed by atoms with van der Waals surface area (Å²) < 4.78 is 24.0. The third kappa shape index (κ3) is 5.02. The topological polar surface area (TPSA) is 94.9 Å². The van der Waals surface area contributed by atoms with Crippen LogP contribution in [0.15, 0.2) is 35.2 Å². The average molecular weight is 285 g/mol. The highest BCUT2D eigenvalue weighted by Crippen LogP contribution is 2.10. The number of carboxylic acids is 1. The van der Waals surface area contributed by atoms with Crippen molar-refractivity contribution in [2.75, 3.05) is 18.8 Å². The Morgan fingerprint density at radius 2 is 1.89 bits per heavy atom. The van der Waals surface area contributed by atoms with Crippen LogP contribution in [0.25, 0.3) is 0 Å². The Kier molecular flexibility index (Phi) is 5.52. The van der Waals surface area contributed by atoms with E-state index in [1.54, 1.807) is 18.2 Å². The van der Waals surface area contributed by atoms with Crippen molar-refractivity contribution in [1.82, 2.24) is 4.81 Å². The van der Waals surface area contributed by atoms with Crippen LogP contribution in [0.3, 0.4) is 0 Å². The van der Waals surface area contributed by atoms with Gasteiger partial charge in [0.25, 0.3) is 0 Å². The first kappa shape index (κ1) is 15.7. The number of hydrogen-bond donors (Lipinski definition) is 2. The van der Waals surface area contributed by atoms with E-state index < -0.39 is 29.4 Å². The number of carbonyl (C=O) groups is 1. The van der Waals surface area contributed by atoms with E-state index in [0.29, 0.717) is 0 Å². The Hall–Kier alpha value is -1.38. The number of benzene rings is 1. The van der Waals surface area contributed by atoms with Crippen LogP contribution in [0.1, 0.15) is 0 Å². The van der Waals surface area contributed by atoms with Crippen LogP contribution in [0, 0.1) is 0 Å². The van der Waals surface area contributed by atoms with Crippen LogP contribution in [0.4, 0.5) is 0 Å². The molecule has 0 aromatic heterocycles. The Morgan fingerprint density at radius 3 is 2.37 bits per heavy atom. The Balaban J connectivity index is 2.71. The summed E-state index contributed by atoms with van der Waals surface area (Å²) in [5.74, 6) is -1.35. The van der Waals surface area contributed by atoms with Gasteiger partial charge in [0.2, 0.25) is 0 Å². The number of nitrogens with zero attached hydrogens (tertiary/aromatic N) is 1. The van der Waals surface area contributed by atoms with Gasteiger partial charge in [-0.05, 0) is 19.0 Å². The molecule has 0 spiro atoms. The molecule has 0 amide bonds. The van der Waals surface area contributed by atoms with Gasteiger partial charge in [-0.3, -0.25) is 4.79 Å². The molecule has 1 aromatic rings. The van der Waals surface area contributed by atoms with Crippen LogP contribution in [0.5, 0.6) is 0 Å². The molecular formula is C11H16BNO5S. The van der Waals surface area contributed by atoms with Crippen LogP contribution >= 0.6 is 0 Å². The van der Waals surface area contributed by atoms with E-state index >= 15 is 0 Å². The van der Waals surface area contributed by atoms with Gasteiger partial charge >= 0.3 is 13.0 Å². The number of aliphatic carboxylic acids is 1. The minimum atomic E-state index is -3.47. The van der Waals surface area contributed by atoms with Gasteiger partial charge in [-0.15, -0.1) is 0 Å². The molecular weight excluding hydrogens is 269 g/mol. The maximum absolute atomic E-state index is 12.0. The lowest BCUT2D eigenvalue weighted by Crippen LogP contribution is -2.43. The van der Waals surface area contributed by atoms with Gasteiger partial charge in [-0.1, -0.05) is 18.2 Å². The number of hydrogen-bond acceptors (Lipinski definition) is 5. The van der Waals surface area contributed by atoms with E-state index in [4.69, 9.17) is 5.11 Å². The van der Waals surface area contributed by atoms with Gasteiger partial charge in [-0.25, -0.2) is 8.42 Å². The van der Waals surface area contributed by atoms with Gasteiger partial charge in [0.05, 0.1) is 17.2 Å². The van der Waals surface area contributed by atoms with Crippen molar-refractivity contribution in [3.63, 3.8) is 0 Å². The fourth-order valence-electron chi connectivity index (χ4n) is 1.55. The quantitative estimate of drug-likeness (QED) is 0.682. The van der Waals surface area contributed by atoms with E-state index in [9.17, 15) is 18.2 Å². The number of sulfone groups is 1. The number of carboxylic acid groups (broad SMARTS) is 1. The minimum absolute atomic E-state index is 0.0405. The molecule has 0 unspecified atom stereocenters. The predicted octanol–water partition coefficient (Wildman–Crippen LogP) is -0.0428. The second-order valence-corrected chi connectivity index (χ2v) is 6.24. The lowest BCUT2D eigenvalue weighted by Gasteiger charge is -2.20. The van der Waals surface area contributed by atoms with Gasteiger partial charge in [0.1, 0.15) is 0 Å². The third-order valence-electron chi connectivity index (χ3n) is 2.62. The van der Waals surface area contributed by atoms with Crippen molar-refractivity contribution in [3.05, 3.63) is 30.3 Å². The Morgan fingerprint density at radius 1 is 1.32 bits per heavy atom. The van der Waals surface area contributed by atoms with E-state index in [0.717, 1.165) is 0 Å². The zero-order valence-electron chi connectivity index (χ0n) is 10.6. The minimum Gasteiger partial charge on any atom is -0.480 e. The van der Waals surface area contributed by atoms with E-state index in [2.05, 4.69) is 0 Å². The first-order chi connectivity index (χ1) is 8.83. The first-order valence-electron chi connectivity index (χ1n) is 5.74. The van der Waals surface area contributed by atoms with Crippen molar-refractivity contribution >= 4 is 22.9 Å². The van der Waals surface area contributed by atoms with Gasteiger partial charge in [0.15, 0.2) is 9.84 Å². The molecule has 2 N–H and O–H groups in total. The maximum atomic E-state index is 12.0. The molecule has 0 bridgehead atoms. The fourth-order valence-corrected chi connectivity index (χ4v) is 2.84. The predicted molar refractivity (Wildman–Crippen MR) is 71.5 cm³/mol. The second-order valence-electron chi connectivity index (χ2n) is 4.13. The fraction of sp³-hybridized carbons (Fsp3) is 0.364. The van der Waals surface area contributed by atoms with Gasteiger partial charge in [0, 0.05) is 6.54 Å². The summed E-state index contributed by atoms with van der Waals surface area (Å²) in [4.78, 5) is 12.0. The highest BCUT2D eigenvalue weighted by Gasteiger charge is 2.22.